The maximum Gasteiger partial charge on any atom is 0.410 e. The summed E-state index contributed by atoms with van der Waals surface area (Å²) in [5.74, 6) is 0. The van der Waals surface area contributed by atoms with Gasteiger partial charge in [0.1, 0.15) is 18.2 Å². The number of hydrogen-bond donors (Lipinski definition) is 0. The van der Waals surface area contributed by atoms with E-state index in [1.165, 1.54) is 9.96 Å². The van der Waals surface area contributed by atoms with Crippen LogP contribution in [0.15, 0.2) is 36.5 Å². The van der Waals surface area contributed by atoms with Crippen molar-refractivity contribution in [1.82, 2.24) is 24.6 Å². The van der Waals surface area contributed by atoms with E-state index in [2.05, 4.69) is 5.10 Å². The fourth-order valence-electron chi connectivity index (χ4n) is 4.08. The lowest BCUT2D eigenvalue weighted by Crippen LogP contribution is -2.44. The van der Waals surface area contributed by atoms with Gasteiger partial charge in [-0.2, -0.15) is 10.2 Å². The van der Waals surface area contributed by atoms with Crippen molar-refractivity contribution >= 4 is 12.1 Å². The summed E-state index contributed by atoms with van der Waals surface area (Å²) in [6.45, 7) is 6.57. The van der Waals surface area contributed by atoms with Crippen LogP contribution in [0.3, 0.4) is 0 Å². The van der Waals surface area contributed by atoms with Crippen LogP contribution in [0.5, 0.6) is 0 Å². The van der Waals surface area contributed by atoms with Gasteiger partial charge in [-0.3, -0.25) is 9.52 Å². The van der Waals surface area contributed by atoms with E-state index in [1.807, 2.05) is 58.2 Å². The Labute approximate surface area is 182 Å². The van der Waals surface area contributed by atoms with Crippen molar-refractivity contribution < 1.29 is 19.2 Å². The lowest BCUT2D eigenvalue weighted by Gasteiger charge is -2.34. The number of ether oxygens (including phenoxy) is 1. The summed E-state index contributed by atoms with van der Waals surface area (Å²) in [7, 11) is 3.53. The van der Waals surface area contributed by atoms with Crippen LogP contribution in [0.1, 0.15) is 49.7 Å². The summed E-state index contributed by atoms with van der Waals surface area (Å²) in [6, 6.07) is 8.96. The van der Waals surface area contributed by atoms with E-state index in [4.69, 9.17) is 9.57 Å². The molecule has 4 rings (SSSR count). The molecular weight excluding hydrogens is 398 g/mol. The van der Waals surface area contributed by atoms with Crippen LogP contribution in [0, 0.1) is 0 Å². The van der Waals surface area contributed by atoms with Gasteiger partial charge in [0.05, 0.1) is 24.5 Å². The van der Waals surface area contributed by atoms with E-state index in [0.29, 0.717) is 19.7 Å². The Kier molecular flexibility index (Phi) is 5.38. The van der Waals surface area contributed by atoms with Gasteiger partial charge >= 0.3 is 12.1 Å². The highest BCUT2D eigenvalue weighted by molar-refractivity contribution is 5.78. The molecule has 2 aromatic rings. The zero-order valence-electron chi connectivity index (χ0n) is 18.6. The van der Waals surface area contributed by atoms with Crippen molar-refractivity contribution in [2.24, 2.45) is 7.05 Å². The van der Waals surface area contributed by atoms with Crippen molar-refractivity contribution in [2.45, 2.75) is 45.1 Å². The van der Waals surface area contributed by atoms with Gasteiger partial charge in [0.25, 0.3) is 0 Å². The molecule has 1 saturated heterocycles. The number of carbonyl (C=O) groups is 2. The molecule has 0 saturated carbocycles. The fraction of sp³-hybridized carbons (Fsp3) is 0.500. The molecule has 0 N–H and O–H groups in total. The number of carbonyl (C=O) groups excluding carboxylic acids is 2. The predicted molar refractivity (Wildman–Crippen MR) is 113 cm³/mol. The van der Waals surface area contributed by atoms with E-state index in [-0.39, 0.29) is 18.1 Å². The molecule has 3 amide bonds. The molecular formula is C22H29N5O4. The first-order valence-corrected chi connectivity index (χ1v) is 10.4. The second-order valence-electron chi connectivity index (χ2n) is 9.02. The Morgan fingerprint density at radius 2 is 1.97 bits per heavy atom. The minimum atomic E-state index is -0.591. The first-order chi connectivity index (χ1) is 14.7. The topological polar surface area (TPSA) is 80.1 Å². The van der Waals surface area contributed by atoms with Gasteiger partial charge < -0.3 is 14.5 Å². The molecule has 9 heteroatoms. The molecule has 1 aromatic carbocycles. The van der Waals surface area contributed by atoms with Crippen molar-refractivity contribution in [3.05, 3.63) is 53.3 Å². The van der Waals surface area contributed by atoms with Crippen molar-refractivity contribution in [1.29, 1.82) is 0 Å². The molecule has 0 unspecified atom stereocenters. The van der Waals surface area contributed by atoms with Gasteiger partial charge in [0, 0.05) is 26.2 Å². The lowest BCUT2D eigenvalue weighted by molar-refractivity contribution is -0.141. The molecule has 0 radical (unpaired) electrons. The Hall–Kier alpha value is -3.07. The first-order valence-electron chi connectivity index (χ1n) is 10.4. The lowest BCUT2D eigenvalue weighted by atomic mass is 9.98. The maximum absolute atomic E-state index is 13.2. The number of hydroxylamine groups is 2. The zero-order valence-corrected chi connectivity index (χ0v) is 18.6. The minimum Gasteiger partial charge on any atom is -0.444 e. The smallest absolute Gasteiger partial charge is 0.410 e. The highest BCUT2D eigenvalue weighted by Gasteiger charge is 2.50. The van der Waals surface area contributed by atoms with Gasteiger partial charge in [-0.1, -0.05) is 30.3 Å². The van der Waals surface area contributed by atoms with Gasteiger partial charge in [-0.05, 0) is 26.3 Å². The third kappa shape index (κ3) is 4.10. The van der Waals surface area contributed by atoms with Crippen LogP contribution >= 0.6 is 0 Å². The van der Waals surface area contributed by atoms with Crippen LogP contribution < -0.4 is 0 Å². The number of nitrogens with zero attached hydrogens (tertiary/aromatic N) is 5. The fourth-order valence-corrected chi connectivity index (χ4v) is 4.08. The Bertz CT molecular complexity index is 968. The number of rotatable bonds is 5. The van der Waals surface area contributed by atoms with Gasteiger partial charge in [0.2, 0.25) is 0 Å². The second-order valence-corrected chi connectivity index (χ2v) is 9.02. The standard InChI is InChI=1S/C22H29N5O4/c1-22(2,3)31-21(29)24(4)12-18-19-16(11-23-25(19)5)17-13-26(18)20(28)27(17)30-14-15-9-7-6-8-10-15/h6-11,17-18H,12-14H2,1-5H3/t17-,18-/m1/s1. The highest BCUT2D eigenvalue weighted by Crippen LogP contribution is 2.44. The highest BCUT2D eigenvalue weighted by atomic mass is 16.7. The second kappa shape index (κ2) is 7.88. The van der Waals surface area contributed by atoms with Crippen LogP contribution in [0.4, 0.5) is 9.59 Å². The molecule has 3 heterocycles. The van der Waals surface area contributed by atoms with Crippen LogP contribution in [-0.2, 0) is 23.2 Å². The molecule has 2 bridgehead atoms. The van der Waals surface area contributed by atoms with Crippen molar-refractivity contribution in [3.63, 3.8) is 0 Å². The number of fused-ring (bicyclic) bond motifs is 4. The molecule has 166 valence electrons. The van der Waals surface area contributed by atoms with Crippen LogP contribution in [0.25, 0.3) is 0 Å². The molecule has 0 spiro atoms. The minimum absolute atomic E-state index is 0.209. The normalized spacial score (nSPS) is 20.1. The Morgan fingerprint density at radius 1 is 1.26 bits per heavy atom. The number of hydrogen-bond acceptors (Lipinski definition) is 5. The van der Waals surface area contributed by atoms with E-state index in [1.54, 1.807) is 22.8 Å². The molecule has 1 fully saturated rings. The van der Waals surface area contributed by atoms with E-state index >= 15 is 0 Å². The molecule has 31 heavy (non-hydrogen) atoms. The summed E-state index contributed by atoms with van der Waals surface area (Å²) in [5.41, 5.74) is 2.25. The van der Waals surface area contributed by atoms with Gasteiger partial charge in [-0.25, -0.2) is 9.59 Å². The molecule has 2 aliphatic rings. The van der Waals surface area contributed by atoms with Crippen molar-refractivity contribution in [3.8, 4) is 0 Å². The SMILES string of the molecule is CN(C[C@@H]1c2c(cnn2C)[C@H]2CN1C(=O)N2OCc1ccccc1)C(=O)OC(C)(C)C. The molecule has 0 aliphatic carbocycles. The number of likely N-dealkylation sites (N-methyl/N-ethyl adjacent to an activating group) is 1. The Morgan fingerprint density at radius 3 is 2.65 bits per heavy atom. The maximum atomic E-state index is 13.2. The molecule has 9 nitrogen and oxygen atoms in total. The predicted octanol–water partition coefficient (Wildman–Crippen LogP) is 3.25. The number of aromatic nitrogens is 2. The zero-order chi connectivity index (χ0) is 22.3. The molecule has 1 aromatic heterocycles. The van der Waals surface area contributed by atoms with Gasteiger partial charge in [-0.15, -0.1) is 0 Å². The summed E-state index contributed by atoms with van der Waals surface area (Å²) in [4.78, 5) is 35.0. The largest absolute Gasteiger partial charge is 0.444 e. The average molecular weight is 428 g/mol. The van der Waals surface area contributed by atoms with E-state index in [0.717, 1.165) is 16.8 Å². The number of benzene rings is 1. The first kappa shape index (κ1) is 21.2. The summed E-state index contributed by atoms with van der Waals surface area (Å²) in [6.07, 6.45) is 1.36. The number of amides is 3. The van der Waals surface area contributed by atoms with Crippen molar-refractivity contribution in [2.75, 3.05) is 20.1 Å². The third-order valence-electron chi connectivity index (χ3n) is 5.52. The third-order valence-corrected chi connectivity index (χ3v) is 5.52. The number of aryl methyl sites for hydroxylation is 1. The van der Waals surface area contributed by atoms with Gasteiger partial charge in [0.15, 0.2) is 0 Å². The number of urea groups is 1. The summed E-state index contributed by atoms with van der Waals surface area (Å²) in [5, 5.41) is 5.86. The molecule has 2 atom stereocenters. The monoisotopic (exact) mass is 427 g/mol. The average Bonchev–Trinajstić information content (AvgIpc) is 3.22. The summed E-state index contributed by atoms with van der Waals surface area (Å²) < 4.78 is 7.26. The Balaban J connectivity index is 1.55. The van der Waals surface area contributed by atoms with E-state index < -0.39 is 11.7 Å². The quantitative estimate of drug-likeness (QED) is 0.732. The molecule has 2 aliphatic heterocycles. The van der Waals surface area contributed by atoms with E-state index in [9.17, 15) is 9.59 Å². The van der Waals surface area contributed by atoms with Crippen LogP contribution in [0.2, 0.25) is 0 Å². The summed E-state index contributed by atoms with van der Waals surface area (Å²) >= 11 is 0. The van der Waals surface area contributed by atoms with Crippen LogP contribution in [-0.4, -0.2) is 62.5 Å².